The lowest BCUT2D eigenvalue weighted by molar-refractivity contribution is -0.150. The van der Waals surface area contributed by atoms with E-state index < -0.39 is 5.92 Å². The van der Waals surface area contributed by atoms with Crippen LogP contribution in [0.15, 0.2) is 54.9 Å². The number of amides is 2. The zero-order valence-electron chi connectivity index (χ0n) is 16.7. The number of fused-ring (bicyclic) bond motifs is 1. The van der Waals surface area contributed by atoms with E-state index in [1.165, 1.54) is 7.11 Å². The minimum absolute atomic E-state index is 0.00127. The van der Waals surface area contributed by atoms with Gasteiger partial charge in [-0.15, -0.1) is 0 Å². The predicted octanol–water partition coefficient (Wildman–Crippen LogP) is 1.47. The van der Waals surface area contributed by atoms with Crippen LogP contribution < -0.4 is 5.32 Å². The number of nitrogens with one attached hydrogen (secondary N) is 1. The summed E-state index contributed by atoms with van der Waals surface area (Å²) in [5, 5.41) is 3.03. The molecule has 2 fully saturated rings. The summed E-state index contributed by atoms with van der Waals surface area (Å²) in [6.07, 6.45) is 3.77. The molecule has 2 aliphatic rings. The Hall–Kier alpha value is -3.42. The number of aromatic nitrogens is 1. The zero-order chi connectivity index (χ0) is 21.1. The van der Waals surface area contributed by atoms with Crippen LogP contribution in [0, 0.1) is 5.92 Å². The second-order valence-electron chi connectivity index (χ2n) is 7.55. The number of esters is 1. The van der Waals surface area contributed by atoms with Crippen molar-refractivity contribution in [3.8, 4) is 0 Å². The van der Waals surface area contributed by atoms with Gasteiger partial charge in [0.05, 0.1) is 43.9 Å². The number of benzene rings is 1. The number of hydrogen-bond acceptors (Lipinski definition) is 6. The molecule has 1 N–H and O–H groups in total. The van der Waals surface area contributed by atoms with Crippen molar-refractivity contribution in [2.75, 3.05) is 32.1 Å². The quantitative estimate of drug-likeness (QED) is 0.754. The van der Waals surface area contributed by atoms with Gasteiger partial charge in [-0.3, -0.25) is 19.4 Å². The Balaban J connectivity index is 1.50. The van der Waals surface area contributed by atoms with Crippen LogP contribution >= 0.6 is 0 Å². The largest absolute Gasteiger partial charge is 0.469 e. The number of methoxy groups -OCH3 is 1. The van der Waals surface area contributed by atoms with Gasteiger partial charge in [0.1, 0.15) is 0 Å². The fourth-order valence-corrected chi connectivity index (χ4v) is 4.41. The first-order valence-electron chi connectivity index (χ1n) is 9.94. The number of carbonyl (C=O) groups is 3. The molecule has 3 heterocycles. The third-order valence-corrected chi connectivity index (χ3v) is 5.75. The van der Waals surface area contributed by atoms with E-state index >= 15 is 0 Å². The summed E-state index contributed by atoms with van der Waals surface area (Å²) in [5.74, 6) is -1.09. The molecule has 8 nitrogen and oxygen atoms in total. The van der Waals surface area contributed by atoms with E-state index in [4.69, 9.17) is 4.74 Å². The highest BCUT2D eigenvalue weighted by Gasteiger charge is 2.51. The molecule has 4 rings (SSSR count). The summed E-state index contributed by atoms with van der Waals surface area (Å²) in [6.45, 7) is 0.478. The third-order valence-electron chi connectivity index (χ3n) is 5.75. The Morgan fingerprint density at radius 1 is 1.20 bits per heavy atom. The van der Waals surface area contributed by atoms with Crippen LogP contribution in [0.2, 0.25) is 0 Å². The molecule has 0 saturated carbocycles. The van der Waals surface area contributed by atoms with Crippen LogP contribution in [0.25, 0.3) is 0 Å². The highest BCUT2D eigenvalue weighted by molar-refractivity contribution is 5.89. The van der Waals surface area contributed by atoms with Crippen molar-refractivity contribution in [1.82, 2.24) is 14.8 Å². The number of nitrogens with zero attached hydrogens (tertiary/aromatic N) is 3. The summed E-state index contributed by atoms with van der Waals surface area (Å²) in [5.41, 5.74) is 1.65. The lowest BCUT2D eigenvalue weighted by Gasteiger charge is -2.40. The zero-order valence-corrected chi connectivity index (χ0v) is 16.7. The van der Waals surface area contributed by atoms with E-state index in [0.717, 1.165) is 11.3 Å². The molecule has 2 amide bonds. The number of hydrogen-bond donors (Lipinski definition) is 1. The highest BCUT2D eigenvalue weighted by atomic mass is 16.5. The number of anilines is 1. The summed E-state index contributed by atoms with van der Waals surface area (Å²) in [4.78, 5) is 45.6. The molecule has 0 bridgehead atoms. The van der Waals surface area contributed by atoms with Crippen molar-refractivity contribution in [3.05, 3.63) is 60.4 Å². The van der Waals surface area contributed by atoms with Gasteiger partial charge in [0.25, 0.3) is 0 Å². The van der Waals surface area contributed by atoms with Gasteiger partial charge in [0.2, 0.25) is 11.8 Å². The maximum atomic E-state index is 13.1. The van der Waals surface area contributed by atoms with Gasteiger partial charge >= 0.3 is 5.97 Å². The van der Waals surface area contributed by atoms with E-state index in [0.29, 0.717) is 13.0 Å². The SMILES string of the molecule is COC(=O)[C@H]1C[C@H]2CN(C(=O)CNc3cccnc3)CC(=O)N2[C@H]1c1ccccc1. The van der Waals surface area contributed by atoms with Crippen LogP contribution in [-0.4, -0.2) is 65.4 Å². The molecule has 1 aromatic heterocycles. The van der Waals surface area contributed by atoms with Crippen LogP contribution in [-0.2, 0) is 19.1 Å². The van der Waals surface area contributed by atoms with Crippen LogP contribution in [0.1, 0.15) is 18.0 Å². The number of piperazine rings is 1. The molecular formula is C22H24N4O4. The molecule has 2 aliphatic heterocycles. The number of rotatable bonds is 5. The summed E-state index contributed by atoms with van der Waals surface area (Å²) in [6, 6.07) is 12.5. The molecule has 30 heavy (non-hydrogen) atoms. The van der Waals surface area contributed by atoms with Gasteiger partial charge < -0.3 is 19.9 Å². The van der Waals surface area contributed by atoms with Crippen molar-refractivity contribution in [3.63, 3.8) is 0 Å². The van der Waals surface area contributed by atoms with Crippen molar-refractivity contribution in [1.29, 1.82) is 0 Å². The minimum Gasteiger partial charge on any atom is -0.469 e. The first-order valence-corrected chi connectivity index (χ1v) is 9.94. The second kappa shape index (κ2) is 8.52. The Bertz CT molecular complexity index is 921. The molecule has 0 aliphatic carbocycles. The van der Waals surface area contributed by atoms with Crippen LogP contribution in [0.4, 0.5) is 5.69 Å². The first kappa shape index (κ1) is 19.9. The minimum atomic E-state index is -0.449. The smallest absolute Gasteiger partial charge is 0.311 e. The Kier molecular flexibility index (Phi) is 5.65. The normalized spacial score (nSPS) is 23.1. The topological polar surface area (TPSA) is 91.8 Å². The lowest BCUT2D eigenvalue weighted by Crippen LogP contribution is -2.56. The van der Waals surface area contributed by atoms with Crippen LogP contribution in [0.3, 0.4) is 0 Å². The number of pyridine rings is 1. The molecule has 0 spiro atoms. The van der Waals surface area contributed by atoms with Crippen LogP contribution in [0.5, 0.6) is 0 Å². The summed E-state index contributed by atoms with van der Waals surface area (Å²) in [7, 11) is 1.36. The third kappa shape index (κ3) is 3.85. The average Bonchev–Trinajstić information content (AvgIpc) is 3.18. The maximum Gasteiger partial charge on any atom is 0.311 e. The maximum absolute atomic E-state index is 13.1. The van der Waals surface area contributed by atoms with E-state index in [1.807, 2.05) is 36.4 Å². The van der Waals surface area contributed by atoms with Gasteiger partial charge in [-0.05, 0) is 24.1 Å². The average molecular weight is 408 g/mol. The predicted molar refractivity (Wildman–Crippen MR) is 109 cm³/mol. The van der Waals surface area contributed by atoms with Gasteiger partial charge in [0.15, 0.2) is 0 Å². The molecule has 2 saturated heterocycles. The molecule has 0 unspecified atom stereocenters. The standard InChI is InChI=1S/C22H24N4O4/c1-30-22(29)18-10-17-13-25(19(27)12-24-16-8-5-9-23-11-16)14-20(28)26(17)21(18)15-6-3-2-4-7-15/h2-9,11,17-18,21,24H,10,12-14H2,1H3/t17-,18-,21-/m0/s1. The number of ether oxygens (including phenoxy) is 1. The van der Waals surface area contributed by atoms with Crippen molar-refractivity contribution >= 4 is 23.5 Å². The fourth-order valence-electron chi connectivity index (χ4n) is 4.41. The highest BCUT2D eigenvalue weighted by Crippen LogP contribution is 2.43. The molecule has 3 atom stereocenters. The monoisotopic (exact) mass is 408 g/mol. The Morgan fingerprint density at radius 2 is 2.00 bits per heavy atom. The van der Waals surface area contributed by atoms with Crippen molar-refractivity contribution in [2.45, 2.75) is 18.5 Å². The second-order valence-corrected chi connectivity index (χ2v) is 7.55. The molecule has 156 valence electrons. The molecule has 0 radical (unpaired) electrons. The summed E-state index contributed by atoms with van der Waals surface area (Å²) < 4.78 is 5.02. The van der Waals surface area contributed by atoms with Gasteiger partial charge in [-0.1, -0.05) is 30.3 Å². The Morgan fingerprint density at radius 3 is 2.70 bits per heavy atom. The van der Waals surface area contributed by atoms with Gasteiger partial charge in [0, 0.05) is 18.9 Å². The van der Waals surface area contributed by atoms with Gasteiger partial charge in [-0.25, -0.2) is 0 Å². The van der Waals surface area contributed by atoms with Crippen molar-refractivity contribution < 1.29 is 19.1 Å². The van der Waals surface area contributed by atoms with E-state index in [1.54, 1.807) is 28.3 Å². The lowest BCUT2D eigenvalue weighted by atomic mass is 9.93. The number of carbonyl (C=O) groups excluding carboxylic acids is 3. The van der Waals surface area contributed by atoms with Gasteiger partial charge in [-0.2, -0.15) is 0 Å². The van der Waals surface area contributed by atoms with E-state index in [2.05, 4.69) is 10.3 Å². The Labute approximate surface area is 174 Å². The van der Waals surface area contributed by atoms with Crippen molar-refractivity contribution in [2.24, 2.45) is 5.92 Å². The molecule has 2 aromatic rings. The van der Waals surface area contributed by atoms with E-state index in [9.17, 15) is 14.4 Å². The molecular weight excluding hydrogens is 384 g/mol. The van der Waals surface area contributed by atoms with E-state index in [-0.39, 0.29) is 43.0 Å². The fraction of sp³-hybridized carbons (Fsp3) is 0.364. The summed E-state index contributed by atoms with van der Waals surface area (Å²) >= 11 is 0. The first-order chi connectivity index (χ1) is 14.6. The molecule has 1 aromatic carbocycles. The molecule has 8 heteroatoms.